The van der Waals surface area contributed by atoms with Crippen LogP contribution in [0, 0.1) is 0 Å². The number of nitrogens with zero attached hydrogens (tertiary/aromatic N) is 5. The van der Waals surface area contributed by atoms with Crippen molar-refractivity contribution in [1.29, 1.82) is 0 Å². The summed E-state index contributed by atoms with van der Waals surface area (Å²) in [7, 11) is -3.20. The third-order valence-electron chi connectivity index (χ3n) is 12.9. The molecule has 0 radical (unpaired) electrons. The van der Waals surface area contributed by atoms with Gasteiger partial charge in [-0.3, -0.25) is 9.30 Å². The van der Waals surface area contributed by atoms with Gasteiger partial charge in [-0.05, 0) is 81.6 Å². The smallest absolute Gasteiger partial charge is 0.186 e. The van der Waals surface area contributed by atoms with Gasteiger partial charge < -0.3 is 9.30 Å². The maximum absolute atomic E-state index is 7.43. The van der Waals surface area contributed by atoms with E-state index >= 15 is 0 Å². The average molecular weight is 824 g/mol. The number of pyridine rings is 2. The van der Waals surface area contributed by atoms with Gasteiger partial charge in [0.2, 0.25) is 0 Å². The number of anilines is 3. The maximum Gasteiger partial charge on any atom is 0.186 e. The molecule has 0 bridgehead atoms. The first-order chi connectivity index (χ1) is 31.3. The molecule has 0 atom stereocenters. The van der Waals surface area contributed by atoms with Crippen molar-refractivity contribution in [3.8, 4) is 17.2 Å². The first-order valence-electron chi connectivity index (χ1n) is 21.3. The van der Waals surface area contributed by atoms with E-state index in [1.54, 1.807) is 0 Å². The fraction of sp³-hybridized carbons (Fsp3) is 0. The van der Waals surface area contributed by atoms with Crippen LogP contribution in [0.25, 0.3) is 54.8 Å². The molecule has 63 heavy (non-hydrogen) atoms. The summed E-state index contributed by atoms with van der Waals surface area (Å²) in [5.41, 5.74) is 7.46. The summed E-state index contributed by atoms with van der Waals surface area (Å²) in [6.07, 6.45) is 5.80. The minimum Gasteiger partial charge on any atom is -0.457 e. The predicted octanol–water partition coefficient (Wildman–Crippen LogP) is 11.1. The second kappa shape index (κ2) is 13.9. The van der Waals surface area contributed by atoms with Gasteiger partial charge in [0.15, 0.2) is 8.07 Å². The molecule has 8 aromatic carbocycles. The number of ether oxygens (including phenoxy) is 1. The zero-order chi connectivity index (χ0) is 41.5. The molecule has 0 amide bonds. The maximum atomic E-state index is 7.43. The van der Waals surface area contributed by atoms with E-state index in [9.17, 15) is 0 Å². The van der Waals surface area contributed by atoms with Gasteiger partial charge in [-0.15, -0.1) is 0 Å². The molecule has 5 heterocycles. The van der Waals surface area contributed by atoms with Crippen LogP contribution in [0.4, 0.5) is 17.2 Å². The number of fused-ring (bicyclic) bond motifs is 12. The highest BCUT2D eigenvalue weighted by molar-refractivity contribution is 7.22. The van der Waals surface area contributed by atoms with Crippen molar-refractivity contribution in [2.75, 3.05) is 4.90 Å². The summed E-state index contributed by atoms with van der Waals surface area (Å²) < 4.78 is 12.1. The Balaban J connectivity index is 1.22. The quantitative estimate of drug-likeness (QED) is 0.124. The molecule has 0 N–H and O–H groups in total. The van der Waals surface area contributed by atoms with Crippen LogP contribution in [-0.4, -0.2) is 27.0 Å². The fourth-order valence-electron chi connectivity index (χ4n) is 10.5. The van der Waals surface area contributed by atoms with Crippen LogP contribution < -0.4 is 30.4 Å². The molecule has 1 aliphatic heterocycles. The summed E-state index contributed by atoms with van der Waals surface area (Å²) in [5, 5.41) is 10.7. The molecule has 0 saturated heterocycles. The number of hydrogen-bond donors (Lipinski definition) is 0. The van der Waals surface area contributed by atoms with Crippen LogP contribution in [0.3, 0.4) is 0 Å². The Morgan fingerprint density at radius 3 is 1.90 bits per heavy atom. The SMILES string of the molecule is c1ccc(-n2c3ccccc3c3c(Oc4ccc5c6ccccc6n6ccnc6c5c4)cc4c(c32)[Si](c2ccccc2)(c2ccccc2)c2ccccc2N4c2ccccn2)cc1. The molecule has 0 fully saturated rings. The number of aromatic nitrogens is 4. The Hall–Kier alpha value is -8.26. The van der Waals surface area contributed by atoms with E-state index in [0.29, 0.717) is 0 Å². The van der Waals surface area contributed by atoms with Crippen molar-refractivity contribution >= 4 is 95.1 Å². The predicted molar refractivity (Wildman–Crippen MR) is 261 cm³/mol. The molecule has 0 unspecified atom stereocenters. The van der Waals surface area contributed by atoms with Crippen molar-refractivity contribution < 1.29 is 4.74 Å². The van der Waals surface area contributed by atoms with Gasteiger partial charge in [0.25, 0.3) is 0 Å². The molecule has 6 nitrogen and oxygen atoms in total. The summed E-state index contributed by atoms with van der Waals surface area (Å²) in [4.78, 5) is 12.3. The fourth-order valence-corrected chi connectivity index (χ4v) is 15.7. The molecule has 0 spiro atoms. The van der Waals surface area contributed by atoms with Crippen LogP contribution in [0.1, 0.15) is 0 Å². The summed E-state index contributed by atoms with van der Waals surface area (Å²) in [6.45, 7) is 0. The van der Waals surface area contributed by atoms with E-state index in [0.717, 1.165) is 78.1 Å². The molecule has 12 aromatic rings. The Labute approximate surface area is 364 Å². The van der Waals surface area contributed by atoms with Gasteiger partial charge in [0, 0.05) is 57.4 Å². The van der Waals surface area contributed by atoms with Gasteiger partial charge >= 0.3 is 0 Å². The van der Waals surface area contributed by atoms with E-state index < -0.39 is 8.07 Å². The molecule has 1 aliphatic rings. The van der Waals surface area contributed by atoms with Crippen LogP contribution in [-0.2, 0) is 0 Å². The molecular weight excluding hydrogens is 787 g/mol. The second-order valence-corrected chi connectivity index (χ2v) is 19.8. The molecule has 7 heteroatoms. The standard InChI is InChI=1S/C56H37N5OSi/c1-4-18-38(19-5-1)60-47-27-13-11-25-44(47)53-50(62-39-31-32-42-43-24-10-12-26-46(43)59-35-34-58-56(59)45(42)36-39)37-49-55(54(53)60)63(40-20-6-2-7-21-40,41-22-8-3-9-23-41)51-29-15-14-28-48(51)61(49)52-30-16-17-33-57-52/h1-37H. The molecule has 296 valence electrons. The Morgan fingerprint density at radius 2 is 1.14 bits per heavy atom. The molecule has 4 aromatic heterocycles. The highest BCUT2D eigenvalue weighted by Crippen LogP contribution is 2.47. The van der Waals surface area contributed by atoms with Crippen molar-refractivity contribution in [2.45, 2.75) is 0 Å². The van der Waals surface area contributed by atoms with Gasteiger partial charge in [-0.1, -0.05) is 140 Å². The first-order valence-corrected chi connectivity index (χ1v) is 23.3. The Kier molecular flexibility index (Phi) is 7.82. The van der Waals surface area contributed by atoms with Crippen molar-refractivity contribution in [1.82, 2.24) is 18.9 Å². The highest BCUT2D eigenvalue weighted by Gasteiger charge is 2.51. The third kappa shape index (κ3) is 5.11. The minimum absolute atomic E-state index is 0.732. The normalized spacial score (nSPS) is 13.2. The van der Waals surface area contributed by atoms with Crippen LogP contribution in [0.2, 0.25) is 0 Å². The molecule has 0 saturated carbocycles. The number of para-hydroxylation sites is 4. The number of benzene rings is 8. The summed E-state index contributed by atoms with van der Waals surface area (Å²) in [6, 6.07) is 74.4. The van der Waals surface area contributed by atoms with Crippen molar-refractivity contribution in [3.05, 3.63) is 225 Å². The van der Waals surface area contributed by atoms with E-state index in [4.69, 9.17) is 14.7 Å². The summed E-state index contributed by atoms with van der Waals surface area (Å²) in [5.74, 6) is 2.33. The van der Waals surface area contributed by atoms with Crippen molar-refractivity contribution in [2.24, 2.45) is 0 Å². The number of rotatable bonds is 6. The minimum atomic E-state index is -3.20. The monoisotopic (exact) mass is 823 g/mol. The number of imidazole rings is 1. The second-order valence-electron chi connectivity index (χ2n) is 16.2. The van der Waals surface area contributed by atoms with Crippen LogP contribution >= 0.6 is 0 Å². The van der Waals surface area contributed by atoms with Gasteiger partial charge in [-0.25, -0.2) is 9.97 Å². The average Bonchev–Trinajstić information content (AvgIpc) is 3.99. The van der Waals surface area contributed by atoms with Crippen LogP contribution in [0.15, 0.2) is 225 Å². The van der Waals surface area contributed by atoms with Crippen molar-refractivity contribution in [3.63, 3.8) is 0 Å². The highest BCUT2D eigenvalue weighted by atomic mass is 28.3. The Morgan fingerprint density at radius 1 is 0.476 bits per heavy atom. The van der Waals surface area contributed by atoms with E-state index in [2.05, 4.69) is 214 Å². The summed E-state index contributed by atoms with van der Waals surface area (Å²) >= 11 is 0. The Bertz CT molecular complexity index is 3680. The molecule has 0 aliphatic carbocycles. The van der Waals surface area contributed by atoms with E-state index in [1.165, 1.54) is 26.1 Å². The van der Waals surface area contributed by atoms with E-state index in [1.807, 2.05) is 24.7 Å². The van der Waals surface area contributed by atoms with Gasteiger partial charge in [0.05, 0.1) is 27.6 Å². The molecular formula is C56H37N5OSi. The lowest BCUT2D eigenvalue weighted by molar-refractivity contribution is 0.489. The zero-order valence-electron chi connectivity index (χ0n) is 34.0. The number of hydrogen-bond acceptors (Lipinski definition) is 4. The molecule has 13 rings (SSSR count). The first kappa shape index (κ1) is 35.5. The van der Waals surface area contributed by atoms with Gasteiger partial charge in [-0.2, -0.15) is 0 Å². The lowest BCUT2D eigenvalue weighted by Gasteiger charge is -2.45. The zero-order valence-corrected chi connectivity index (χ0v) is 35.0. The largest absolute Gasteiger partial charge is 0.457 e. The topological polar surface area (TPSA) is 47.6 Å². The van der Waals surface area contributed by atoms with E-state index in [-0.39, 0.29) is 0 Å². The lowest BCUT2D eigenvalue weighted by atomic mass is 10.1. The lowest BCUT2D eigenvalue weighted by Crippen LogP contribution is -2.77. The van der Waals surface area contributed by atoms with Gasteiger partial charge in [0.1, 0.15) is 23.0 Å². The third-order valence-corrected chi connectivity index (χ3v) is 17.8. The van der Waals surface area contributed by atoms with Crippen LogP contribution in [0.5, 0.6) is 11.5 Å².